The molecule has 2 N–H and O–H groups in total. The summed E-state index contributed by atoms with van der Waals surface area (Å²) in [5, 5.41) is 16.3. The van der Waals surface area contributed by atoms with Crippen molar-refractivity contribution in [2.24, 2.45) is 5.92 Å². The largest absolute Gasteiger partial charge is 0.481 e. The van der Waals surface area contributed by atoms with E-state index in [1.807, 2.05) is 0 Å². The molecule has 0 amide bonds. The van der Waals surface area contributed by atoms with Crippen molar-refractivity contribution in [3.05, 3.63) is 34.6 Å². The molecule has 0 radical (unpaired) electrons. The first kappa shape index (κ1) is 13.0. The zero-order chi connectivity index (χ0) is 13.8. The van der Waals surface area contributed by atoms with E-state index in [1.165, 1.54) is 18.5 Å². The highest BCUT2D eigenvalue weighted by molar-refractivity contribution is 5.66. The van der Waals surface area contributed by atoms with Gasteiger partial charge in [-0.05, 0) is 5.92 Å². The molecule has 0 spiro atoms. The second-order valence-corrected chi connectivity index (χ2v) is 4.33. The van der Waals surface area contributed by atoms with Gasteiger partial charge < -0.3 is 14.5 Å². The number of aromatic nitrogens is 3. The number of carbonyl (C=O) groups is 1. The summed E-state index contributed by atoms with van der Waals surface area (Å²) < 4.78 is 5.37. The van der Waals surface area contributed by atoms with Crippen LogP contribution in [0.2, 0.25) is 0 Å². The van der Waals surface area contributed by atoms with Crippen LogP contribution in [-0.2, 0) is 11.2 Å². The molecule has 0 saturated heterocycles. The molecule has 0 fully saturated rings. The molecule has 1 unspecified atom stereocenters. The average molecular weight is 263 g/mol. The maximum atomic E-state index is 11.6. The lowest BCUT2D eigenvalue weighted by Crippen LogP contribution is -2.07. The van der Waals surface area contributed by atoms with E-state index >= 15 is 0 Å². The Balaban J connectivity index is 2.14. The predicted octanol–water partition coefficient (Wildman–Crippen LogP) is 1.08. The van der Waals surface area contributed by atoms with E-state index in [-0.39, 0.29) is 23.7 Å². The molecular weight excluding hydrogens is 250 g/mol. The van der Waals surface area contributed by atoms with E-state index in [4.69, 9.17) is 9.52 Å². The van der Waals surface area contributed by atoms with Crippen molar-refractivity contribution < 1.29 is 14.3 Å². The number of rotatable bonds is 5. The third kappa shape index (κ3) is 3.27. The summed E-state index contributed by atoms with van der Waals surface area (Å²) in [6, 6.07) is 1.37. The first-order valence-electron chi connectivity index (χ1n) is 5.78. The van der Waals surface area contributed by atoms with Crippen molar-refractivity contribution in [1.29, 1.82) is 0 Å². The molecule has 2 aromatic rings. The highest BCUT2D eigenvalue weighted by atomic mass is 16.4. The standard InChI is InChI=1S/C12H13N3O4/c1-7(5-11(17)18)4-10-14-15-12(19-10)8-6-13-3-2-9(8)16/h2-3,6-7H,4-5H2,1H3,(H,13,16)(H,17,18). The van der Waals surface area contributed by atoms with Crippen LogP contribution in [0.1, 0.15) is 19.2 Å². The van der Waals surface area contributed by atoms with Crippen molar-refractivity contribution in [3.8, 4) is 11.5 Å². The highest BCUT2D eigenvalue weighted by Gasteiger charge is 2.15. The van der Waals surface area contributed by atoms with E-state index in [0.29, 0.717) is 17.9 Å². The van der Waals surface area contributed by atoms with Crippen molar-refractivity contribution in [2.75, 3.05) is 0 Å². The normalized spacial score (nSPS) is 12.3. The molecule has 1 atom stereocenters. The molecule has 0 saturated carbocycles. The molecule has 0 aliphatic carbocycles. The summed E-state index contributed by atoms with van der Waals surface area (Å²) in [5.74, 6) is -0.516. The fourth-order valence-electron chi connectivity index (χ4n) is 1.70. The summed E-state index contributed by atoms with van der Waals surface area (Å²) in [6.07, 6.45) is 3.39. The minimum atomic E-state index is -0.869. The van der Waals surface area contributed by atoms with Crippen LogP contribution in [0.15, 0.2) is 27.7 Å². The predicted molar refractivity (Wildman–Crippen MR) is 65.5 cm³/mol. The molecule has 0 bridgehead atoms. The van der Waals surface area contributed by atoms with Gasteiger partial charge >= 0.3 is 5.97 Å². The summed E-state index contributed by atoms with van der Waals surface area (Å²) >= 11 is 0. The molecule has 19 heavy (non-hydrogen) atoms. The van der Waals surface area contributed by atoms with Crippen molar-refractivity contribution in [1.82, 2.24) is 15.2 Å². The zero-order valence-electron chi connectivity index (χ0n) is 10.3. The van der Waals surface area contributed by atoms with Crippen LogP contribution in [0, 0.1) is 5.92 Å². The van der Waals surface area contributed by atoms with Crippen LogP contribution in [0.5, 0.6) is 0 Å². The van der Waals surface area contributed by atoms with Gasteiger partial charge in [-0.2, -0.15) is 0 Å². The minimum absolute atomic E-state index is 0.0314. The summed E-state index contributed by atoms with van der Waals surface area (Å²) in [5.41, 5.74) is 0.0830. The van der Waals surface area contributed by atoms with Crippen LogP contribution in [0.3, 0.4) is 0 Å². The molecule has 0 aromatic carbocycles. The van der Waals surface area contributed by atoms with Crippen LogP contribution in [0.25, 0.3) is 11.5 Å². The number of aromatic amines is 1. The Morgan fingerprint density at radius 1 is 1.53 bits per heavy atom. The van der Waals surface area contributed by atoms with E-state index < -0.39 is 5.97 Å². The van der Waals surface area contributed by atoms with Crippen molar-refractivity contribution in [2.45, 2.75) is 19.8 Å². The first-order valence-corrected chi connectivity index (χ1v) is 5.78. The number of hydrogen-bond donors (Lipinski definition) is 2. The summed E-state index contributed by atoms with van der Waals surface area (Å²) in [6.45, 7) is 1.79. The zero-order valence-corrected chi connectivity index (χ0v) is 10.3. The summed E-state index contributed by atoms with van der Waals surface area (Å²) in [7, 11) is 0. The first-order chi connectivity index (χ1) is 9.06. The topological polar surface area (TPSA) is 109 Å². The van der Waals surface area contributed by atoms with Gasteiger partial charge in [0, 0.05) is 31.3 Å². The van der Waals surface area contributed by atoms with Crippen LogP contribution >= 0.6 is 0 Å². The van der Waals surface area contributed by atoms with Gasteiger partial charge in [0.05, 0.1) is 0 Å². The Hall–Kier alpha value is -2.44. The van der Waals surface area contributed by atoms with E-state index in [0.717, 1.165) is 0 Å². The number of H-pyrrole nitrogens is 1. The minimum Gasteiger partial charge on any atom is -0.481 e. The molecule has 0 aliphatic heterocycles. The van der Waals surface area contributed by atoms with Crippen molar-refractivity contribution in [3.63, 3.8) is 0 Å². The number of carboxylic acid groups (broad SMARTS) is 1. The Morgan fingerprint density at radius 3 is 3.00 bits per heavy atom. The van der Waals surface area contributed by atoms with E-state index in [1.54, 1.807) is 6.92 Å². The van der Waals surface area contributed by atoms with Gasteiger partial charge in [0.1, 0.15) is 5.56 Å². The lowest BCUT2D eigenvalue weighted by molar-refractivity contribution is -0.137. The number of hydrogen-bond acceptors (Lipinski definition) is 5. The van der Waals surface area contributed by atoms with Gasteiger partial charge in [-0.25, -0.2) is 0 Å². The quantitative estimate of drug-likeness (QED) is 0.835. The molecule has 2 aromatic heterocycles. The molecule has 7 heteroatoms. The number of carboxylic acids is 1. The van der Waals surface area contributed by atoms with Gasteiger partial charge in [0.2, 0.25) is 5.89 Å². The van der Waals surface area contributed by atoms with E-state index in [9.17, 15) is 9.59 Å². The maximum absolute atomic E-state index is 11.6. The lowest BCUT2D eigenvalue weighted by Gasteiger charge is -2.03. The van der Waals surface area contributed by atoms with Gasteiger partial charge in [-0.15, -0.1) is 10.2 Å². The Kier molecular flexibility index (Phi) is 3.74. The Morgan fingerprint density at radius 2 is 2.32 bits per heavy atom. The number of nitrogens with zero attached hydrogens (tertiary/aromatic N) is 2. The number of nitrogens with one attached hydrogen (secondary N) is 1. The highest BCUT2D eigenvalue weighted by Crippen LogP contribution is 2.16. The third-order valence-corrected chi connectivity index (χ3v) is 2.57. The van der Waals surface area contributed by atoms with Gasteiger partial charge in [0.15, 0.2) is 5.43 Å². The molecule has 100 valence electrons. The molecule has 2 heterocycles. The fraction of sp³-hybridized carbons (Fsp3) is 0.333. The van der Waals surface area contributed by atoms with Crippen molar-refractivity contribution >= 4 is 5.97 Å². The average Bonchev–Trinajstić information content (AvgIpc) is 2.76. The monoisotopic (exact) mass is 263 g/mol. The molecular formula is C12H13N3O4. The summed E-state index contributed by atoms with van der Waals surface area (Å²) in [4.78, 5) is 24.9. The van der Waals surface area contributed by atoms with Crippen LogP contribution in [-0.4, -0.2) is 26.3 Å². The second kappa shape index (κ2) is 5.47. The number of aliphatic carboxylic acids is 1. The van der Waals surface area contributed by atoms with Gasteiger partial charge in [0.25, 0.3) is 5.89 Å². The molecule has 0 aliphatic rings. The number of pyridine rings is 1. The van der Waals surface area contributed by atoms with Crippen LogP contribution in [0.4, 0.5) is 0 Å². The second-order valence-electron chi connectivity index (χ2n) is 4.33. The molecule has 2 rings (SSSR count). The Bertz CT molecular complexity index is 632. The molecule has 7 nitrogen and oxygen atoms in total. The van der Waals surface area contributed by atoms with Gasteiger partial charge in [-0.1, -0.05) is 6.92 Å². The fourth-order valence-corrected chi connectivity index (χ4v) is 1.70. The Labute approximate surface area is 108 Å². The maximum Gasteiger partial charge on any atom is 0.303 e. The van der Waals surface area contributed by atoms with Crippen LogP contribution < -0.4 is 5.43 Å². The lowest BCUT2D eigenvalue weighted by atomic mass is 10.0. The SMILES string of the molecule is CC(CC(=O)O)Cc1nnc(-c2c[nH]ccc2=O)o1. The third-order valence-electron chi connectivity index (χ3n) is 2.57. The van der Waals surface area contributed by atoms with Gasteiger partial charge in [-0.3, -0.25) is 9.59 Å². The van der Waals surface area contributed by atoms with E-state index in [2.05, 4.69) is 15.2 Å². The smallest absolute Gasteiger partial charge is 0.303 e.